The minimum atomic E-state index is -4.41. The van der Waals surface area contributed by atoms with Gasteiger partial charge < -0.3 is 14.4 Å². The summed E-state index contributed by atoms with van der Waals surface area (Å²) in [5.41, 5.74) is 0. The molecule has 0 aliphatic heterocycles. The first-order chi connectivity index (χ1) is 16.1. The number of carbonyl (C=O) groups excluding carboxylic acids is 1. The van der Waals surface area contributed by atoms with E-state index in [-0.39, 0.29) is 5.91 Å². The van der Waals surface area contributed by atoms with Crippen molar-refractivity contribution in [3.63, 3.8) is 0 Å². The smallest absolute Gasteiger partial charge is 0.220 e. The van der Waals surface area contributed by atoms with E-state index in [4.69, 9.17) is 0 Å². The van der Waals surface area contributed by atoms with Gasteiger partial charge in [0.2, 0.25) is 16.3 Å². The number of amides is 1. The van der Waals surface area contributed by atoms with E-state index in [9.17, 15) is 17.8 Å². The Labute approximate surface area is 211 Å². The van der Waals surface area contributed by atoms with Gasteiger partial charge in [0.1, 0.15) is 0 Å². The molecule has 0 spiro atoms. The summed E-state index contributed by atoms with van der Waals surface area (Å²) >= 11 is 0. The van der Waals surface area contributed by atoms with Crippen molar-refractivity contribution in [1.29, 1.82) is 0 Å². The molecule has 0 unspecified atom stereocenters. The number of carbonyl (C=O) groups is 1. The quantitative estimate of drug-likeness (QED) is 0.0706. The van der Waals surface area contributed by atoms with Crippen LogP contribution in [0.25, 0.3) is 0 Å². The molecule has 0 saturated heterocycles. The molecule has 8 heteroatoms. The summed E-state index contributed by atoms with van der Waals surface area (Å²) in [4.78, 5) is 11.9. The highest BCUT2D eigenvalue weighted by molar-refractivity contribution is 7.80. The maximum absolute atomic E-state index is 11.9. The fraction of sp³-hybridized carbons (Fsp3) is 0.885. The number of quaternary nitrogens is 1. The van der Waals surface area contributed by atoms with Gasteiger partial charge in [-0.15, -0.1) is 0 Å². The van der Waals surface area contributed by atoms with E-state index < -0.39 is 10.4 Å². The molecule has 1 N–H and O–H groups in total. The molecule has 34 heavy (non-hydrogen) atoms. The molecular formula is C26H54N2O5S. The minimum absolute atomic E-state index is 0.233. The van der Waals surface area contributed by atoms with Gasteiger partial charge >= 0.3 is 0 Å². The summed E-state index contributed by atoms with van der Waals surface area (Å²) in [6.45, 7) is 10.8. The Morgan fingerprint density at radius 1 is 0.853 bits per heavy atom. The Hall–Kier alpha value is -0.960. The molecule has 1 amide bonds. The topological polar surface area (TPSA) is 95.5 Å². The lowest BCUT2D eigenvalue weighted by atomic mass is 10.1. The molecule has 0 aliphatic carbocycles. The van der Waals surface area contributed by atoms with Crippen LogP contribution in [0.4, 0.5) is 0 Å². The third-order valence-corrected chi connectivity index (χ3v) is 6.78. The summed E-state index contributed by atoms with van der Waals surface area (Å²) < 4.78 is 32.1. The van der Waals surface area contributed by atoms with E-state index >= 15 is 0 Å². The zero-order valence-corrected chi connectivity index (χ0v) is 23.6. The van der Waals surface area contributed by atoms with E-state index in [2.05, 4.69) is 49.5 Å². The molecule has 0 radical (unpaired) electrons. The van der Waals surface area contributed by atoms with Crippen LogP contribution in [0.15, 0.2) is 12.2 Å². The lowest BCUT2D eigenvalue weighted by Crippen LogP contribution is -2.48. The van der Waals surface area contributed by atoms with Crippen molar-refractivity contribution in [3.05, 3.63) is 12.2 Å². The summed E-state index contributed by atoms with van der Waals surface area (Å²) in [7, 11) is -1.34. The third-order valence-electron chi connectivity index (χ3n) is 6.37. The Morgan fingerprint density at radius 2 is 1.29 bits per heavy atom. The highest BCUT2D eigenvalue weighted by atomic mass is 32.3. The van der Waals surface area contributed by atoms with Gasteiger partial charge in [-0.05, 0) is 46.0 Å². The SMILES string of the molecule is CCCCCCCC/C=C\CCCCCCCC(=O)NCC[N+](C)(CC)CC.COS(=O)(=O)[O-]. The number of likely N-dealkylation sites (N-methyl/N-ethyl adjacent to an activating group) is 1. The zero-order chi connectivity index (χ0) is 26.1. The van der Waals surface area contributed by atoms with Gasteiger partial charge in [-0.2, -0.15) is 0 Å². The van der Waals surface area contributed by atoms with Crippen LogP contribution in [0, 0.1) is 0 Å². The highest BCUT2D eigenvalue weighted by Crippen LogP contribution is 2.10. The molecule has 0 bridgehead atoms. The standard InChI is InChI=1S/C25H50N2O.CH4O4S/c1-5-8-9-10-11-12-13-14-15-16-17-18-19-20-21-22-25(28)26-23-24-27(4,6-2)7-3;1-5-6(2,3)4/h14-15H,5-13,16-24H2,1-4H3;1H3,(H,2,3,4)/b15-14-;. The number of nitrogens with one attached hydrogen (secondary N) is 1. The molecule has 0 atom stereocenters. The van der Waals surface area contributed by atoms with Crippen molar-refractivity contribution in [2.24, 2.45) is 0 Å². The predicted molar refractivity (Wildman–Crippen MR) is 141 cm³/mol. The average Bonchev–Trinajstić information content (AvgIpc) is 2.81. The van der Waals surface area contributed by atoms with Crippen molar-refractivity contribution >= 4 is 16.3 Å². The number of hydrogen-bond donors (Lipinski definition) is 1. The molecular weight excluding hydrogens is 452 g/mol. The van der Waals surface area contributed by atoms with Gasteiger partial charge in [0.25, 0.3) is 0 Å². The summed E-state index contributed by atoms with van der Waals surface area (Å²) in [6, 6.07) is 0. The second-order valence-corrected chi connectivity index (χ2v) is 10.4. The fourth-order valence-corrected chi connectivity index (χ4v) is 3.45. The monoisotopic (exact) mass is 506 g/mol. The largest absolute Gasteiger partial charge is 0.726 e. The Bertz CT molecular complexity index is 590. The molecule has 0 rings (SSSR count). The van der Waals surface area contributed by atoms with Gasteiger partial charge in [-0.1, -0.05) is 70.4 Å². The van der Waals surface area contributed by atoms with Crippen LogP contribution in [-0.2, 0) is 19.4 Å². The Kier molecular flexibility index (Phi) is 24.6. The summed E-state index contributed by atoms with van der Waals surface area (Å²) in [6.07, 6.45) is 22.3. The lowest BCUT2D eigenvalue weighted by molar-refractivity contribution is -0.904. The average molecular weight is 507 g/mol. The first kappa shape index (κ1) is 35.2. The normalized spacial score (nSPS) is 11.9. The van der Waals surface area contributed by atoms with Gasteiger partial charge in [-0.3, -0.25) is 8.98 Å². The number of nitrogens with zero attached hydrogens (tertiary/aromatic N) is 1. The van der Waals surface area contributed by atoms with Crippen LogP contribution >= 0.6 is 0 Å². The molecule has 0 saturated carbocycles. The van der Waals surface area contributed by atoms with Crippen LogP contribution in [0.5, 0.6) is 0 Å². The van der Waals surface area contributed by atoms with Gasteiger partial charge in [0.15, 0.2) is 0 Å². The van der Waals surface area contributed by atoms with E-state index in [0.29, 0.717) is 6.42 Å². The molecule has 0 aliphatic rings. The maximum Gasteiger partial charge on any atom is 0.220 e. The third kappa shape index (κ3) is 27.3. The van der Waals surface area contributed by atoms with Crippen molar-refractivity contribution in [1.82, 2.24) is 5.32 Å². The number of hydrogen-bond acceptors (Lipinski definition) is 5. The second kappa shape index (κ2) is 23.8. The molecule has 0 fully saturated rings. The Morgan fingerprint density at radius 3 is 1.74 bits per heavy atom. The van der Waals surface area contributed by atoms with E-state index in [0.717, 1.165) is 44.2 Å². The maximum atomic E-state index is 11.9. The number of unbranched alkanes of at least 4 members (excludes halogenated alkanes) is 11. The first-order valence-electron chi connectivity index (χ1n) is 13.4. The van der Waals surface area contributed by atoms with Crippen molar-refractivity contribution in [2.45, 2.75) is 111 Å². The second-order valence-electron chi connectivity index (χ2n) is 9.23. The van der Waals surface area contributed by atoms with Crippen LogP contribution in [0.3, 0.4) is 0 Å². The van der Waals surface area contributed by atoms with Crippen LogP contribution in [0.2, 0.25) is 0 Å². The zero-order valence-electron chi connectivity index (χ0n) is 22.8. The van der Waals surface area contributed by atoms with Crippen molar-refractivity contribution in [3.8, 4) is 0 Å². The Balaban J connectivity index is 0. The van der Waals surface area contributed by atoms with E-state index in [1.54, 1.807) is 0 Å². The lowest BCUT2D eigenvalue weighted by Gasteiger charge is -2.32. The van der Waals surface area contributed by atoms with Crippen molar-refractivity contribution in [2.75, 3.05) is 40.3 Å². The van der Waals surface area contributed by atoms with Crippen LogP contribution in [-0.4, -0.2) is 63.7 Å². The summed E-state index contributed by atoms with van der Waals surface area (Å²) in [5.74, 6) is 0.233. The molecule has 0 aromatic carbocycles. The van der Waals surface area contributed by atoms with Gasteiger partial charge in [-0.25, -0.2) is 8.42 Å². The first-order valence-corrected chi connectivity index (χ1v) is 14.7. The fourth-order valence-electron chi connectivity index (χ4n) is 3.45. The van der Waals surface area contributed by atoms with Crippen LogP contribution in [0.1, 0.15) is 111 Å². The predicted octanol–water partition coefficient (Wildman–Crippen LogP) is 5.72. The molecule has 0 heterocycles. The molecule has 7 nitrogen and oxygen atoms in total. The summed E-state index contributed by atoms with van der Waals surface area (Å²) in [5, 5.41) is 3.09. The number of rotatable bonds is 21. The van der Waals surface area contributed by atoms with Gasteiger partial charge in [0, 0.05) is 6.42 Å². The molecule has 0 aromatic heterocycles. The van der Waals surface area contributed by atoms with Crippen LogP contribution < -0.4 is 5.32 Å². The molecule has 204 valence electrons. The minimum Gasteiger partial charge on any atom is -0.726 e. The van der Waals surface area contributed by atoms with E-state index in [1.165, 1.54) is 77.0 Å². The van der Waals surface area contributed by atoms with Crippen molar-refractivity contribution < 1.29 is 26.4 Å². The highest BCUT2D eigenvalue weighted by Gasteiger charge is 2.15. The van der Waals surface area contributed by atoms with Gasteiger partial charge in [0.05, 0.1) is 40.3 Å². The number of allylic oxidation sites excluding steroid dienone is 2. The van der Waals surface area contributed by atoms with E-state index in [1.807, 2.05) is 0 Å². The molecule has 0 aromatic rings.